The predicted octanol–water partition coefficient (Wildman–Crippen LogP) is 4.54. The molecule has 0 N–H and O–H groups in total. The van der Waals surface area contributed by atoms with Crippen LogP contribution in [-0.2, 0) is 17.7 Å². The Morgan fingerprint density at radius 3 is 2.71 bits per heavy atom. The average molecular weight is 396 g/mol. The van der Waals surface area contributed by atoms with Crippen molar-refractivity contribution < 1.29 is 4.74 Å². The summed E-state index contributed by atoms with van der Waals surface area (Å²) in [7, 11) is 1.64. The van der Waals surface area contributed by atoms with Crippen LogP contribution in [0, 0.1) is 32.1 Å². The van der Waals surface area contributed by atoms with Gasteiger partial charge in [0.2, 0.25) is 0 Å². The summed E-state index contributed by atoms with van der Waals surface area (Å²) in [5, 5.41) is 9.55. The normalized spacial score (nSPS) is 11.1. The van der Waals surface area contributed by atoms with E-state index in [2.05, 4.69) is 38.1 Å². The molecule has 2 aromatic heterocycles. The van der Waals surface area contributed by atoms with Crippen LogP contribution in [0.4, 0.5) is 0 Å². The maximum Gasteiger partial charge on any atom is 0.262 e. The van der Waals surface area contributed by atoms with Gasteiger partial charge in [0.1, 0.15) is 10.7 Å². The monoisotopic (exact) mass is 395 g/mol. The Morgan fingerprint density at radius 1 is 1.25 bits per heavy atom. The number of rotatable bonds is 7. The SMILES string of the molecule is COCCc1nc2sc(C)c(-c3ccc(C)c(C)c3)c2c(=O)n1CCCC#N. The molecule has 0 spiro atoms. The van der Waals surface area contributed by atoms with Gasteiger partial charge in [-0.15, -0.1) is 11.3 Å². The first kappa shape index (κ1) is 20.2. The number of nitrogens with zero attached hydrogens (tertiary/aromatic N) is 3. The minimum atomic E-state index is -0.0216. The fraction of sp³-hybridized carbons (Fsp3) is 0.409. The molecule has 0 radical (unpaired) electrons. The summed E-state index contributed by atoms with van der Waals surface area (Å²) in [5.74, 6) is 0.727. The lowest BCUT2D eigenvalue weighted by molar-refractivity contribution is 0.199. The average Bonchev–Trinajstić information content (AvgIpc) is 3.00. The van der Waals surface area contributed by atoms with E-state index in [4.69, 9.17) is 15.0 Å². The fourth-order valence-corrected chi connectivity index (χ4v) is 4.47. The summed E-state index contributed by atoms with van der Waals surface area (Å²) in [6.07, 6.45) is 1.62. The molecule has 1 aromatic carbocycles. The van der Waals surface area contributed by atoms with Crippen LogP contribution in [0.1, 0.15) is 34.7 Å². The minimum Gasteiger partial charge on any atom is -0.384 e. The molecular formula is C22H25N3O2S. The third kappa shape index (κ3) is 3.87. The van der Waals surface area contributed by atoms with Gasteiger partial charge < -0.3 is 4.74 Å². The number of aryl methyl sites for hydroxylation is 3. The summed E-state index contributed by atoms with van der Waals surface area (Å²) in [5.41, 5.74) is 4.45. The second-order valence-electron chi connectivity index (χ2n) is 7.00. The maximum absolute atomic E-state index is 13.5. The number of thiophene rings is 1. The van der Waals surface area contributed by atoms with Crippen molar-refractivity contribution in [2.75, 3.05) is 13.7 Å². The summed E-state index contributed by atoms with van der Waals surface area (Å²) in [6, 6.07) is 8.47. The zero-order valence-electron chi connectivity index (χ0n) is 16.8. The van der Waals surface area contributed by atoms with Crippen molar-refractivity contribution in [3.05, 3.63) is 50.4 Å². The van der Waals surface area contributed by atoms with Crippen molar-refractivity contribution in [1.29, 1.82) is 5.26 Å². The van der Waals surface area contributed by atoms with Gasteiger partial charge in [-0.2, -0.15) is 5.26 Å². The molecule has 2 heterocycles. The van der Waals surface area contributed by atoms with Crippen molar-refractivity contribution in [3.63, 3.8) is 0 Å². The summed E-state index contributed by atoms with van der Waals surface area (Å²) < 4.78 is 6.93. The quantitative estimate of drug-likeness (QED) is 0.551. The molecule has 0 aliphatic carbocycles. The third-order valence-corrected chi connectivity index (χ3v) is 6.06. The Morgan fingerprint density at radius 2 is 2.04 bits per heavy atom. The smallest absolute Gasteiger partial charge is 0.262 e. The topological polar surface area (TPSA) is 67.9 Å². The van der Waals surface area contributed by atoms with E-state index in [-0.39, 0.29) is 5.56 Å². The van der Waals surface area contributed by atoms with Gasteiger partial charge in [-0.25, -0.2) is 4.98 Å². The molecule has 0 unspecified atom stereocenters. The summed E-state index contributed by atoms with van der Waals surface area (Å²) >= 11 is 1.56. The molecule has 3 aromatic rings. The number of methoxy groups -OCH3 is 1. The van der Waals surface area contributed by atoms with Gasteiger partial charge in [-0.1, -0.05) is 18.2 Å². The lowest BCUT2D eigenvalue weighted by Gasteiger charge is -2.12. The van der Waals surface area contributed by atoms with Gasteiger partial charge in [-0.3, -0.25) is 9.36 Å². The standard InChI is InChI=1S/C22H25N3O2S/c1-14-7-8-17(13-15(14)2)19-16(3)28-21-20(19)22(26)25(11-6-5-10-23)18(24-21)9-12-27-4/h7-8,13H,5-6,9,11-12H2,1-4H3. The zero-order valence-corrected chi connectivity index (χ0v) is 17.7. The van der Waals surface area contributed by atoms with E-state index in [9.17, 15) is 4.79 Å². The van der Waals surface area contributed by atoms with E-state index in [1.807, 2.05) is 6.92 Å². The molecule has 0 fully saturated rings. The molecular weight excluding hydrogens is 370 g/mol. The Hall–Kier alpha value is -2.49. The number of hydrogen-bond donors (Lipinski definition) is 0. The molecule has 0 aliphatic rings. The van der Waals surface area contributed by atoms with Crippen LogP contribution in [0.25, 0.3) is 21.3 Å². The number of benzene rings is 1. The van der Waals surface area contributed by atoms with Crippen molar-refractivity contribution >= 4 is 21.6 Å². The highest BCUT2D eigenvalue weighted by molar-refractivity contribution is 7.19. The van der Waals surface area contributed by atoms with Crippen LogP contribution in [-0.4, -0.2) is 23.3 Å². The summed E-state index contributed by atoms with van der Waals surface area (Å²) in [6.45, 7) is 7.22. The van der Waals surface area contributed by atoms with Crippen molar-refractivity contribution in [2.45, 2.75) is 46.6 Å². The first-order valence-corrected chi connectivity index (χ1v) is 10.3. The van der Waals surface area contributed by atoms with E-state index in [0.29, 0.717) is 37.8 Å². The lowest BCUT2D eigenvalue weighted by Crippen LogP contribution is -2.26. The molecule has 28 heavy (non-hydrogen) atoms. The zero-order chi connectivity index (χ0) is 20.3. The molecule has 0 bridgehead atoms. The van der Waals surface area contributed by atoms with Gasteiger partial charge in [0.15, 0.2) is 0 Å². The van der Waals surface area contributed by atoms with Crippen LogP contribution < -0.4 is 5.56 Å². The van der Waals surface area contributed by atoms with Gasteiger partial charge in [0, 0.05) is 36.9 Å². The van der Waals surface area contributed by atoms with Crippen LogP contribution >= 0.6 is 11.3 Å². The predicted molar refractivity (Wildman–Crippen MR) is 114 cm³/mol. The van der Waals surface area contributed by atoms with Crippen LogP contribution in [0.2, 0.25) is 0 Å². The van der Waals surface area contributed by atoms with Crippen molar-refractivity contribution in [1.82, 2.24) is 9.55 Å². The van der Waals surface area contributed by atoms with Gasteiger partial charge in [0.25, 0.3) is 5.56 Å². The second-order valence-corrected chi connectivity index (χ2v) is 8.20. The van der Waals surface area contributed by atoms with Crippen molar-refractivity contribution in [2.24, 2.45) is 0 Å². The third-order valence-electron chi connectivity index (χ3n) is 5.06. The van der Waals surface area contributed by atoms with Crippen LogP contribution in [0.3, 0.4) is 0 Å². The van der Waals surface area contributed by atoms with E-state index in [0.717, 1.165) is 26.7 Å². The summed E-state index contributed by atoms with van der Waals surface area (Å²) in [4.78, 5) is 20.2. The number of hydrogen-bond acceptors (Lipinski definition) is 5. The molecule has 0 amide bonds. The molecule has 146 valence electrons. The largest absolute Gasteiger partial charge is 0.384 e. The van der Waals surface area contributed by atoms with Gasteiger partial charge in [-0.05, 0) is 43.9 Å². The Bertz CT molecular complexity index is 1110. The lowest BCUT2D eigenvalue weighted by atomic mass is 9.99. The van der Waals surface area contributed by atoms with E-state index in [1.54, 1.807) is 23.0 Å². The Labute approximate surface area is 169 Å². The molecule has 0 saturated heterocycles. The Kier molecular flexibility index (Phi) is 6.28. The highest BCUT2D eigenvalue weighted by atomic mass is 32.1. The second kappa shape index (κ2) is 8.68. The number of nitriles is 1. The molecule has 6 heteroatoms. The fourth-order valence-electron chi connectivity index (χ4n) is 3.41. The van der Waals surface area contributed by atoms with Gasteiger partial charge >= 0.3 is 0 Å². The highest BCUT2D eigenvalue weighted by Gasteiger charge is 2.20. The molecule has 0 saturated carbocycles. The van der Waals surface area contributed by atoms with Crippen LogP contribution in [0.15, 0.2) is 23.0 Å². The van der Waals surface area contributed by atoms with Crippen molar-refractivity contribution in [3.8, 4) is 17.2 Å². The maximum atomic E-state index is 13.5. The minimum absolute atomic E-state index is 0.0216. The highest BCUT2D eigenvalue weighted by Crippen LogP contribution is 2.36. The molecule has 5 nitrogen and oxygen atoms in total. The van der Waals surface area contributed by atoms with E-state index in [1.165, 1.54) is 11.1 Å². The van der Waals surface area contributed by atoms with Gasteiger partial charge in [0.05, 0.1) is 18.1 Å². The first-order valence-electron chi connectivity index (χ1n) is 9.44. The molecule has 3 rings (SSSR count). The van der Waals surface area contributed by atoms with Crippen LogP contribution in [0.5, 0.6) is 0 Å². The molecule has 0 atom stereocenters. The number of fused-ring (bicyclic) bond motifs is 1. The number of unbranched alkanes of at least 4 members (excludes halogenated alkanes) is 1. The van der Waals surface area contributed by atoms with E-state index < -0.39 is 0 Å². The first-order chi connectivity index (χ1) is 13.5. The van der Waals surface area contributed by atoms with E-state index >= 15 is 0 Å². The number of aromatic nitrogens is 2. The Balaban J connectivity index is 2.22. The number of ether oxygens (including phenoxy) is 1. The molecule has 0 aliphatic heterocycles.